The molecule has 1 aromatic carbocycles. The maximum atomic E-state index is 12.2. The number of carbonyl (C=O) groups excluding carboxylic acids is 1. The maximum Gasteiger partial charge on any atom is 0.244 e. The number of nitrogens with one attached hydrogen (secondary N) is 1. The van der Waals surface area contributed by atoms with Crippen molar-refractivity contribution in [1.29, 1.82) is 0 Å². The molecule has 2 aromatic heterocycles. The normalized spacial score (nSPS) is 12.4. The van der Waals surface area contributed by atoms with Gasteiger partial charge in [-0.1, -0.05) is 24.3 Å². The second kappa shape index (κ2) is 7.04. The Labute approximate surface area is 134 Å². The monoisotopic (exact) mass is 312 g/mol. The van der Waals surface area contributed by atoms with Gasteiger partial charge in [0.05, 0.1) is 5.52 Å². The first-order valence-corrected chi connectivity index (χ1v) is 7.84. The fraction of sp³-hybridized carbons (Fsp3) is 0.375. The van der Waals surface area contributed by atoms with Crippen molar-refractivity contribution in [3.63, 3.8) is 0 Å². The zero-order chi connectivity index (χ0) is 16.1. The summed E-state index contributed by atoms with van der Waals surface area (Å²) in [6.45, 7) is 3.30. The molecule has 120 valence electrons. The molecule has 1 N–H and O–H groups in total. The molecule has 1 amide bonds. The second-order valence-corrected chi connectivity index (χ2v) is 5.36. The highest BCUT2D eigenvalue weighted by atomic mass is 16.2. The highest BCUT2D eigenvalue weighted by Gasteiger charge is 2.17. The minimum absolute atomic E-state index is 0.000326. The van der Waals surface area contributed by atoms with E-state index in [1.165, 1.54) is 0 Å². The van der Waals surface area contributed by atoms with Crippen LogP contribution >= 0.6 is 0 Å². The smallest absolute Gasteiger partial charge is 0.244 e. The van der Waals surface area contributed by atoms with Crippen molar-refractivity contribution in [2.24, 2.45) is 0 Å². The summed E-state index contributed by atoms with van der Waals surface area (Å²) in [6.07, 6.45) is 5.01. The zero-order valence-electron chi connectivity index (χ0n) is 13.1. The molecule has 0 aliphatic heterocycles. The molecule has 0 aliphatic carbocycles. The number of nitrogens with zero attached hydrogens (tertiary/aromatic N) is 5. The van der Waals surface area contributed by atoms with Gasteiger partial charge >= 0.3 is 0 Å². The minimum Gasteiger partial charge on any atom is -0.354 e. The first-order valence-electron chi connectivity index (χ1n) is 7.84. The van der Waals surface area contributed by atoms with Crippen LogP contribution in [0.4, 0.5) is 0 Å². The first-order chi connectivity index (χ1) is 11.3. The van der Waals surface area contributed by atoms with E-state index in [0.29, 0.717) is 13.0 Å². The van der Waals surface area contributed by atoms with E-state index in [4.69, 9.17) is 0 Å². The van der Waals surface area contributed by atoms with Crippen LogP contribution in [0.2, 0.25) is 0 Å². The van der Waals surface area contributed by atoms with Crippen molar-refractivity contribution in [2.75, 3.05) is 6.54 Å². The number of carbonyl (C=O) groups is 1. The Bertz CT molecular complexity index is 764. The van der Waals surface area contributed by atoms with Crippen LogP contribution in [-0.4, -0.2) is 37.2 Å². The van der Waals surface area contributed by atoms with Gasteiger partial charge in [0.15, 0.2) is 0 Å². The standard InChI is InChI=1S/C16H20N6O/c1-2-14(21-11-6-10-18-21)16(23)17-9-5-12-22-15-8-4-3-7-13(15)19-20-22/h3-4,6-8,10-11,14H,2,5,9,12H2,1H3,(H,17,23)/t14-/m0/s1. The fourth-order valence-electron chi connectivity index (χ4n) is 2.60. The molecule has 7 heteroatoms. The number of aryl methyl sites for hydroxylation is 1. The van der Waals surface area contributed by atoms with Crippen LogP contribution in [-0.2, 0) is 11.3 Å². The van der Waals surface area contributed by atoms with Crippen LogP contribution in [0.1, 0.15) is 25.8 Å². The highest BCUT2D eigenvalue weighted by Crippen LogP contribution is 2.11. The van der Waals surface area contributed by atoms with Crippen molar-refractivity contribution >= 4 is 16.9 Å². The number of rotatable bonds is 7. The predicted molar refractivity (Wildman–Crippen MR) is 86.7 cm³/mol. The van der Waals surface area contributed by atoms with Crippen molar-refractivity contribution in [1.82, 2.24) is 30.1 Å². The Morgan fingerprint density at radius 3 is 2.96 bits per heavy atom. The van der Waals surface area contributed by atoms with Crippen LogP contribution in [0.3, 0.4) is 0 Å². The Hall–Kier alpha value is -2.70. The van der Waals surface area contributed by atoms with Crippen LogP contribution in [0.15, 0.2) is 42.7 Å². The van der Waals surface area contributed by atoms with Gasteiger partial charge in [0, 0.05) is 25.5 Å². The SMILES string of the molecule is CC[C@@H](C(=O)NCCCn1nnc2ccccc21)n1cccn1. The fourth-order valence-corrected chi connectivity index (χ4v) is 2.60. The Morgan fingerprint density at radius 2 is 2.17 bits per heavy atom. The Kier molecular flexibility index (Phi) is 4.65. The average molecular weight is 312 g/mol. The van der Waals surface area contributed by atoms with Gasteiger partial charge in [0.2, 0.25) is 5.91 Å². The van der Waals surface area contributed by atoms with E-state index in [2.05, 4.69) is 20.7 Å². The van der Waals surface area contributed by atoms with Gasteiger partial charge in [-0.05, 0) is 31.0 Å². The number of fused-ring (bicyclic) bond motifs is 1. The van der Waals surface area contributed by atoms with E-state index in [1.54, 1.807) is 10.9 Å². The van der Waals surface area contributed by atoms with Crippen molar-refractivity contribution in [3.8, 4) is 0 Å². The molecule has 0 aliphatic rings. The molecule has 0 bridgehead atoms. The number of para-hydroxylation sites is 1. The van der Waals surface area contributed by atoms with Gasteiger partial charge in [0.25, 0.3) is 0 Å². The van der Waals surface area contributed by atoms with E-state index in [9.17, 15) is 4.79 Å². The molecule has 0 unspecified atom stereocenters. The van der Waals surface area contributed by atoms with E-state index in [1.807, 2.05) is 48.1 Å². The molecular formula is C16H20N6O. The molecule has 0 spiro atoms. The predicted octanol–water partition coefficient (Wildman–Crippen LogP) is 1.79. The van der Waals surface area contributed by atoms with E-state index >= 15 is 0 Å². The molecule has 0 saturated heterocycles. The third-order valence-corrected chi connectivity index (χ3v) is 3.80. The number of benzene rings is 1. The lowest BCUT2D eigenvalue weighted by Gasteiger charge is -2.15. The van der Waals surface area contributed by atoms with E-state index in [0.717, 1.165) is 24.0 Å². The lowest BCUT2D eigenvalue weighted by atomic mass is 10.2. The topological polar surface area (TPSA) is 77.6 Å². The van der Waals surface area contributed by atoms with Gasteiger partial charge < -0.3 is 5.32 Å². The minimum atomic E-state index is -0.253. The average Bonchev–Trinajstić information content (AvgIpc) is 3.22. The van der Waals surface area contributed by atoms with E-state index < -0.39 is 0 Å². The summed E-state index contributed by atoms with van der Waals surface area (Å²) in [5.74, 6) is -0.000326. The number of hydrogen-bond acceptors (Lipinski definition) is 4. The number of aromatic nitrogens is 5. The molecule has 23 heavy (non-hydrogen) atoms. The summed E-state index contributed by atoms with van der Waals surface area (Å²) in [6, 6.07) is 9.43. The largest absolute Gasteiger partial charge is 0.354 e. The molecule has 0 saturated carbocycles. The second-order valence-electron chi connectivity index (χ2n) is 5.36. The van der Waals surface area contributed by atoms with Gasteiger partial charge in [-0.2, -0.15) is 5.10 Å². The van der Waals surface area contributed by atoms with Gasteiger partial charge in [0.1, 0.15) is 11.6 Å². The summed E-state index contributed by atoms with van der Waals surface area (Å²) in [5.41, 5.74) is 1.91. The summed E-state index contributed by atoms with van der Waals surface area (Å²) in [7, 11) is 0. The zero-order valence-corrected chi connectivity index (χ0v) is 13.1. The number of hydrogen-bond donors (Lipinski definition) is 1. The molecule has 7 nitrogen and oxygen atoms in total. The van der Waals surface area contributed by atoms with E-state index in [-0.39, 0.29) is 11.9 Å². The van der Waals surface area contributed by atoms with Crippen LogP contribution < -0.4 is 5.32 Å². The lowest BCUT2D eigenvalue weighted by molar-refractivity contribution is -0.124. The number of amides is 1. The van der Waals surface area contributed by atoms with Crippen molar-refractivity contribution in [2.45, 2.75) is 32.4 Å². The van der Waals surface area contributed by atoms with Crippen molar-refractivity contribution < 1.29 is 4.79 Å². The molecule has 3 rings (SSSR count). The lowest BCUT2D eigenvalue weighted by Crippen LogP contribution is -2.33. The first kappa shape index (κ1) is 15.2. The van der Waals surface area contributed by atoms with Gasteiger partial charge in [-0.3, -0.25) is 9.48 Å². The Morgan fingerprint density at radius 1 is 1.30 bits per heavy atom. The molecule has 2 heterocycles. The molecule has 3 aromatic rings. The maximum absolute atomic E-state index is 12.2. The molecule has 0 radical (unpaired) electrons. The van der Waals surface area contributed by atoms with Crippen LogP contribution in [0.25, 0.3) is 11.0 Å². The quantitative estimate of drug-likeness (QED) is 0.675. The third-order valence-electron chi connectivity index (χ3n) is 3.80. The summed E-state index contributed by atoms with van der Waals surface area (Å²) < 4.78 is 3.56. The van der Waals surface area contributed by atoms with Gasteiger partial charge in [-0.15, -0.1) is 5.10 Å². The summed E-state index contributed by atoms with van der Waals surface area (Å²) in [5, 5.41) is 15.4. The van der Waals surface area contributed by atoms with Crippen LogP contribution in [0.5, 0.6) is 0 Å². The molecule has 0 fully saturated rings. The molecular weight excluding hydrogens is 292 g/mol. The van der Waals surface area contributed by atoms with Crippen molar-refractivity contribution in [3.05, 3.63) is 42.7 Å². The third kappa shape index (κ3) is 3.39. The summed E-state index contributed by atoms with van der Waals surface area (Å²) in [4.78, 5) is 12.2. The van der Waals surface area contributed by atoms with Gasteiger partial charge in [-0.25, -0.2) is 4.68 Å². The van der Waals surface area contributed by atoms with Crippen LogP contribution in [0, 0.1) is 0 Å². The molecule has 1 atom stereocenters. The summed E-state index contributed by atoms with van der Waals surface area (Å²) >= 11 is 0. The Balaban J connectivity index is 1.50. The highest BCUT2D eigenvalue weighted by molar-refractivity contribution is 5.80.